The molecule has 0 aliphatic heterocycles. The topological polar surface area (TPSA) is 78.9 Å². The van der Waals surface area contributed by atoms with Gasteiger partial charge in [-0.1, -0.05) is 205 Å². The van der Waals surface area contributed by atoms with Crippen molar-refractivity contribution in [3.05, 3.63) is 36.5 Å². The molecule has 59 heavy (non-hydrogen) atoms. The second-order valence-electron chi connectivity index (χ2n) is 17.1. The van der Waals surface area contributed by atoms with Gasteiger partial charge < -0.3 is 14.2 Å². The molecule has 1 unspecified atom stereocenters. The van der Waals surface area contributed by atoms with Gasteiger partial charge in [0.1, 0.15) is 13.2 Å². The predicted molar refractivity (Wildman–Crippen MR) is 252 cm³/mol. The minimum absolute atomic E-state index is 0.0785. The molecule has 0 aromatic carbocycles. The number of carbonyl (C=O) groups is 3. The molecule has 0 saturated carbocycles. The van der Waals surface area contributed by atoms with Crippen molar-refractivity contribution in [3.8, 4) is 0 Å². The van der Waals surface area contributed by atoms with E-state index < -0.39 is 6.10 Å². The number of hydrogen-bond donors (Lipinski definition) is 0. The number of allylic oxidation sites excluding steroid dienone is 6. The van der Waals surface area contributed by atoms with E-state index in [-0.39, 0.29) is 31.1 Å². The summed E-state index contributed by atoms with van der Waals surface area (Å²) in [6.07, 6.45) is 55.5. The first-order valence-electron chi connectivity index (χ1n) is 25.5. The van der Waals surface area contributed by atoms with Crippen LogP contribution in [-0.2, 0) is 28.6 Å². The summed E-state index contributed by atoms with van der Waals surface area (Å²) >= 11 is 0. The van der Waals surface area contributed by atoms with Gasteiger partial charge in [0.25, 0.3) is 0 Å². The Morgan fingerprint density at radius 2 is 0.610 bits per heavy atom. The van der Waals surface area contributed by atoms with Gasteiger partial charge in [-0.05, 0) is 77.0 Å². The van der Waals surface area contributed by atoms with Crippen molar-refractivity contribution in [2.24, 2.45) is 0 Å². The van der Waals surface area contributed by atoms with Crippen molar-refractivity contribution in [1.82, 2.24) is 0 Å². The Bertz CT molecular complexity index is 1000. The van der Waals surface area contributed by atoms with Crippen molar-refractivity contribution in [2.75, 3.05) is 13.2 Å². The van der Waals surface area contributed by atoms with Crippen LogP contribution in [0.4, 0.5) is 0 Å². The Kier molecular flexibility index (Phi) is 46.4. The molecule has 0 radical (unpaired) electrons. The zero-order chi connectivity index (χ0) is 43.0. The Morgan fingerprint density at radius 1 is 0.339 bits per heavy atom. The quantitative estimate of drug-likeness (QED) is 0.0263. The van der Waals surface area contributed by atoms with Crippen molar-refractivity contribution in [3.63, 3.8) is 0 Å². The van der Waals surface area contributed by atoms with Crippen LogP contribution in [0.15, 0.2) is 36.5 Å². The summed E-state index contributed by atoms with van der Waals surface area (Å²) in [5.74, 6) is -0.892. The fourth-order valence-corrected chi connectivity index (χ4v) is 7.23. The third-order valence-electron chi connectivity index (χ3n) is 11.1. The molecule has 344 valence electrons. The Morgan fingerprint density at radius 3 is 0.983 bits per heavy atom. The summed E-state index contributed by atoms with van der Waals surface area (Å²) in [6.45, 7) is 6.59. The monoisotopic (exact) mass is 829 g/mol. The lowest BCUT2D eigenvalue weighted by molar-refractivity contribution is -0.167. The molecule has 0 rings (SSSR count). The molecule has 0 aliphatic rings. The van der Waals surface area contributed by atoms with Gasteiger partial charge in [-0.3, -0.25) is 14.4 Å². The van der Waals surface area contributed by atoms with Gasteiger partial charge in [0.15, 0.2) is 6.10 Å². The Labute approximate surface area is 365 Å². The van der Waals surface area contributed by atoms with Gasteiger partial charge in [-0.15, -0.1) is 0 Å². The molecule has 0 aromatic heterocycles. The number of ether oxygens (including phenoxy) is 3. The van der Waals surface area contributed by atoms with Gasteiger partial charge >= 0.3 is 17.9 Å². The lowest BCUT2D eigenvalue weighted by Crippen LogP contribution is -2.30. The van der Waals surface area contributed by atoms with E-state index in [9.17, 15) is 14.4 Å². The van der Waals surface area contributed by atoms with E-state index in [1.165, 1.54) is 141 Å². The maximum absolute atomic E-state index is 12.7. The fourth-order valence-electron chi connectivity index (χ4n) is 7.23. The average molecular weight is 829 g/mol. The molecule has 0 aromatic rings. The van der Waals surface area contributed by atoms with Gasteiger partial charge in [-0.2, -0.15) is 0 Å². The summed E-state index contributed by atoms with van der Waals surface area (Å²) in [6, 6.07) is 0. The number of carbonyl (C=O) groups excluding carboxylic acids is 3. The molecule has 0 spiro atoms. The molecule has 0 N–H and O–H groups in total. The van der Waals surface area contributed by atoms with Crippen molar-refractivity contribution in [2.45, 2.75) is 271 Å². The molecule has 0 bridgehead atoms. The van der Waals surface area contributed by atoms with E-state index in [2.05, 4.69) is 57.2 Å². The van der Waals surface area contributed by atoms with E-state index in [1.54, 1.807) is 0 Å². The molecule has 0 amide bonds. The summed E-state index contributed by atoms with van der Waals surface area (Å²) in [5.41, 5.74) is 0. The molecular formula is C53H96O6. The summed E-state index contributed by atoms with van der Waals surface area (Å²) in [5, 5.41) is 0. The van der Waals surface area contributed by atoms with Crippen LogP contribution >= 0.6 is 0 Å². The first-order valence-corrected chi connectivity index (χ1v) is 25.5. The van der Waals surface area contributed by atoms with Gasteiger partial charge in [-0.25, -0.2) is 0 Å². The lowest BCUT2D eigenvalue weighted by atomic mass is 10.1. The molecule has 6 heteroatoms. The van der Waals surface area contributed by atoms with E-state index in [4.69, 9.17) is 14.2 Å². The predicted octanol–water partition coefficient (Wildman–Crippen LogP) is 16.5. The average Bonchev–Trinajstić information content (AvgIpc) is 3.23. The third kappa shape index (κ3) is 46.5. The zero-order valence-electron chi connectivity index (χ0n) is 39.3. The SMILES string of the molecule is CCCCCC=CCC=CCCCCCCCC(=O)OCC(COC(=O)CCCCCCCC=CCCCCCCCC)OC(=O)CCCCCCCCCCCCC. The van der Waals surface area contributed by atoms with Crippen LogP contribution in [0.25, 0.3) is 0 Å². The summed E-state index contributed by atoms with van der Waals surface area (Å²) < 4.78 is 16.8. The molecule has 1 atom stereocenters. The second-order valence-corrected chi connectivity index (χ2v) is 17.1. The summed E-state index contributed by atoms with van der Waals surface area (Å²) in [7, 11) is 0. The summed E-state index contributed by atoms with van der Waals surface area (Å²) in [4.78, 5) is 37.9. The Hall–Kier alpha value is -2.37. The highest BCUT2D eigenvalue weighted by Gasteiger charge is 2.19. The van der Waals surface area contributed by atoms with Crippen LogP contribution in [0, 0.1) is 0 Å². The maximum Gasteiger partial charge on any atom is 0.306 e. The highest BCUT2D eigenvalue weighted by molar-refractivity contribution is 5.71. The van der Waals surface area contributed by atoms with Gasteiger partial charge in [0.2, 0.25) is 0 Å². The van der Waals surface area contributed by atoms with Crippen LogP contribution in [0.3, 0.4) is 0 Å². The van der Waals surface area contributed by atoms with E-state index in [0.717, 1.165) is 83.5 Å². The molecule has 0 saturated heterocycles. The smallest absolute Gasteiger partial charge is 0.306 e. The highest BCUT2D eigenvalue weighted by atomic mass is 16.6. The number of rotatable bonds is 46. The minimum atomic E-state index is -0.776. The van der Waals surface area contributed by atoms with Crippen LogP contribution in [0.5, 0.6) is 0 Å². The highest BCUT2D eigenvalue weighted by Crippen LogP contribution is 2.15. The maximum atomic E-state index is 12.7. The number of hydrogen-bond acceptors (Lipinski definition) is 6. The number of esters is 3. The second kappa shape index (κ2) is 48.3. The normalized spacial score (nSPS) is 12.3. The third-order valence-corrected chi connectivity index (χ3v) is 11.1. The molecule has 0 aliphatic carbocycles. The van der Waals surface area contributed by atoms with E-state index >= 15 is 0 Å². The fraction of sp³-hybridized carbons (Fsp3) is 0.830. The van der Waals surface area contributed by atoms with Gasteiger partial charge in [0, 0.05) is 19.3 Å². The van der Waals surface area contributed by atoms with Crippen molar-refractivity contribution >= 4 is 17.9 Å². The van der Waals surface area contributed by atoms with Crippen molar-refractivity contribution in [1.29, 1.82) is 0 Å². The first-order chi connectivity index (χ1) is 29.0. The Balaban J connectivity index is 4.37. The van der Waals surface area contributed by atoms with E-state index in [0.29, 0.717) is 19.3 Å². The first kappa shape index (κ1) is 56.6. The van der Waals surface area contributed by atoms with Crippen molar-refractivity contribution < 1.29 is 28.6 Å². The van der Waals surface area contributed by atoms with E-state index in [1.807, 2.05) is 0 Å². The van der Waals surface area contributed by atoms with Crippen LogP contribution in [0.1, 0.15) is 265 Å². The molecule has 6 nitrogen and oxygen atoms in total. The molecule has 0 heterocycles. The van der Waals surface area contributed by atoms with Gasteiger partial charge in [0.05, 0.1) is 0 Å². The van der Waals surface area contributed by atoms with Crippen LogP contribution in [0.2, 0.25) is 0 Å². The zero-order valence-corrected chi connectivity index (χ0v) is 39.3. The lowest BCUT2D eigenvalue weighted by Gasteiger charge is -2.18. The molecular weight excluding hydrogens is 733 g/mol. The molecule has 0 fully saturated rings. The number of unbranched alkanes of at least 4 members (excludes halogenated alkanes) is 29. The standard InChI is InChI=1S/C53H96O6/c1-4-7-10-13-16-19-22-24-26-28-31-33-36-39-42-45-51(54)57-48-50(59-53(56)47-44-41-38-35-30-21-18-15-12-9-6-3)49-58-52(55)46-43-40-37-34-32-29-27-25-23-20-17-14-11-8-5-2/h16,19,24-27,50H,4-15,17-18,20-23,28-49H2,1-3H3. The minimum Gasteiger partial charge on any atom is -0.462 e. The van der Waals surface area contributed by atoms with Crippen LogP contribution in [-0.4, -0.2) is 37.2 Å². The van der Waals surface area contributed by atoms with Crippen LogP contribution < -0.4 is 0 Å². The largest absolute Gasteiger partial charge is 0.462 e.